The summed E-state index contributed by atoms with van der Waals surface area (Å²) in [5.74, 6) is 0. The van der Waals surface area contributed by atoms with Crippen LogP contribution in [0, 0.1) is 0 Å². The molecule has 0 aliphatic carbocycles. The van der Waals surface area contributed by atoms with Crippen molar-refractivity contribution in [1.82, 2.24) is 0 Å². The van der Waals surface area contributed by atoms with E-state index in [1.54, 1.807) is 0 Å². The molecule has 0 fully saturated rings. The number of rotatable bonds is 2. The van der Waals surface area contributed by atoms with Gasteiger partial charge in [0.05, 0.1) is 4.99 Å². The number of nitrogens with zero attached hydrogens (tertiary/aromatic N) is 1. The monoisotopic (exact) mass is 189 g/mol. The number of anilines is 1. The van der Waals surface area contributed by atoms with Crippen LogP contribution >= 0.6 is 12.2 Å². The van der Waals surface area contributed by atoms with Crippen molar-refractivity contribution in [3.05, 3.63) is 42.5 Å². The topological polar surface area (TPSA) is 3.24 Å². The van der Waals surface area contributed by atoms with Gasteiger partial charge in [-0.1, -0.05) is 36.5 Å². The molecule has 1 nitrogen and oxygen atoms in total. The Morgan fingerprint density at radius 1 is 1.46 bits per heavy atom. The number of benzene rings is 1. The highest BCUT2D eigenvalue weighted by atomic mass is 32.1. The fraction of sp³-hybridized carbons (Fsp3) is 0.182. The van der Waals surface area contributed by atoms with Crippen molar-refractivity contribution in [2.45, 2.75) is 6.42 Å². The lowest BCUT2D eigenvalue weighted by Crippen LogP contribution is -2.24. The molecule has 0 saturated heterocycles. The summed E-state index contributed by atoms with van der Waals surface area (Å²) in [4.78, 5) is 3.14. The van der Waals surface area contributed by atoms with Crippen molar-refractivity contribution in [3.8, 4) is 0 Å². The van der Waals surface area contributed by atoms with Crippen molar-refractivity contribution in [2.75, 3.05) is 11.4 Å². The Morgan fingerprint density at radius 2 is 2.23 bits per heavy atom. The molecule has 0 atom stereocenters. The largest absolute Gasteiger partial charge is 0.332 e. The van der Waals surface area contributed by atoms with Gasteiger partial charge in [-0.3, -0.25) is 0 Å². The Kier molecular flexibility index (Phi) is 2.15. The molecule has 0 bridgehead atoms. The summed E-state index contributed by atoms with van der Waals surface area (Å²) in [5.41, 5.74) is 2.57. The third-order valence-electron chi connectivity index (χ3n) is 2.24. The van der Waals surface area contributed by atoms with Crippen molar-refractivity contribution < 1.29 is 0 Å². The first-order valence-electron chi connectivity index (χ1n) is 4.32. The number of thiocarbonyl (C=S) groups is 1. The lowest BCUT2D eigenvalue weighted by molar-refractivity contribution is 1.18. The SMILES string of the molecule is C=CCN1C(=S)Cc2ccccc21. The average Bonchev–Trinajstić information content (AvgIpc) is 2.44. The van der Waals surface area contributed by atoms with E-state index in [0.717, 1.165) is 18.0 Å². The second-order valence-corrected chi connectivity index (χ2v) is 3.57. The zero-order valence-electron chi connectivity index (χ0n) is 7.36. The van der Waals surface area contributed by atoms with Crippen LogP contribution in [0.4, 0.5) is 5.69 Å². The molecule has 1 heterocycles. The molecule has 1 aromatic carbocycles. The van der Waals surface area contributed by atoms with Gasteiger partial charge in [-0.15, -0.1) is 6.58 Å². The standard InChI is InChI=1S/C11H11NS/c1-2-7-12-10-6-4-3-5-9(10)8-11(12)13/h2-6H,1,7-8H2. The van der Waals surface area contributed by atoms with E-state index in [9.17, 15) is 0 Å². The van der Waals surface area contributed by atoms with Crippen LogP contribution in [0.1, 0.15) is 5.56 Å². The fourth-order valence-electron chi connectivity index (χ4n) is 1.65. The van der Waals surface area contributed by atoms with Gasteiger partial charge in [0.25, 0.3) is 0 Å². The van der Waals surface area contributed by atoms with Crippen molar-refractivity contribution in [3.63, 3.8) is 0 Å². The summed E-state index contributed by atoms with van der Waals surface area (Å²) in [6, 6.07) is 8.34. The Hall–Kier alpha value is -1.15. The average molecular weight is 189 g/mol. The van der Waals surface area contributed by atoms with E-state index in [1.165, 1.54) is 11.3 Å². The predicted molar refractivity (Wildman–Crippen MR) is 60.3 cm³/mol. The maximum Gasteiger partial charge on any atom is 0.0871 e. The molecule has 1 aliphatic heterocycles. The lowest BCUT2D eigenvalue weighted by Gasteiger charge is -2.16. The zero-order chi connectivity index (χ0) is 9.26. The molecule has 0 aromatic heterocycles. The Labute approximate surface area is 83.7 Å². The van der Waals surface area contributed by atoms with Crippen LogP contribution in [-0.4, -0.2) is 11.5 Å². The van der Waals surface area contributed by atoms with Gasteiger partial charge >= 0.3 is 0 Å². The van der Waals surface area contributed by atoms with Gasteiger partial charge in [0.2, 0.25) is 0 Å². The van der Waals surface area contributed by atoms with Crippen molar-refractivity contribution in [2.24, 2.45) is 0 Å². The molecule has 0 N–H and O–H groups in total. The highest BCUT2D eigenvalue weighted by Crippen LogP contribution is 2.28. The van der Waals surface area contributed by atoms with Crippen molar-refractivity contribution in [1.29, 1.82) is 0 Å². The minimum Gasteiger partial charge on any atom is -0.332 e. The molecule has 1 aromatic rings. The number of hydrogen-bond acceptors (Lipinski definition) is 1. The summed E-state index contributed by atoms with van der Waals surface area (Å²) in [6.45, 7) is 4.55. The maximum atomic E-state index is 5.29. The first kappa shape index (κ1) is 8.45. The second kappa shape index (κ2) is 3.30. The quantitative estimate of drug-likeness (QED) is 0.519. The van der Waals surface area contributed by atoms with Gasteiger partial charge in [-0.25, -0.2) is 0 Å². The summed E-state index contributed by atoms with van der Waals surface area (Å²) in [6.07, 6.45) is 2.79. The van der Waals surface area contributed by atoms with E-state index in [-0.39, 0.29) is 0 Å². The molecule has 1 aliphatic rings. The Bertz CT molecular complexity index is 357. The highest BCUT2D eigenvalue weighted by Gasteiger charge is 2.21. The van der Waals surface area contributed by atoms with Gasteiger partial charge in [0.1, 0.15) is 0 Å². The minimum atomic E-state index is 0.815. The Balaban J connectivity index is 2.40. The van der Waals surface area contributed by atoms with Gasteiger partial charge in [-0.05, 0) is 11.6 Å². The Morgan fingerprint density at radius 3 is 3.00 bits per heavy atom. The van der Waals surface area contributed by atoms with E-state index < -0.39 is 0 Å². The molecule has 0 amide bonds. The maximum absolute atomic E-state index is 5.29. The van der Waals surface area contributed by atoms with E-state index in [4.69, 9.17) is 12.2 Å². The molecular formula is C11H11NS. The zero-order valence-corrected chi connectivity index (χ0v) is 8.18. The predicted octanol–water partition coefficient (Wildman–Crippen LogP) is 2.56. The molecule has 13 heavy (non-hydrogen) atoms. The smallest absolute Gasteiger partial charge is 0.0871 e. The van der Waals surface area contributed by atoms with E-state index >= 15 is 0 Å². The van der Waals surface area contributed by atoms with Gasteiger partial charge < -0.3 is 4.90 Å². The third-order valence-corrected chi connectivity index (χ3v) is 2.60. The van der Waals surface area contributed by atoms with E-state index in [0.29, 0.717) is 0 Å². The first-order valence-corrected chi connectivity index (χ1v) is 4.73. The minimum absolute atomic E-state index is 0.815. The summed E-state index contributed by atoms with van der Waals surface area (Å²) in [7, 11) is 0. The summed E-state index contributed by atoms with van der Waals surface area (Å²) < 4.78 is 0. The molecule has 0 unspecified atom stereocenters. The summed E-state index contributed by atoms with van der Waals surface area (Å²) in [5, 5.41) is 0. The molecule has 0 radical (unpaired) electrons. The van der Waals surface area contributed by atoms with Crippen molar-refractivity contribution >= 4 is 22.9 Å². The van der Waals surface area contributed by atoms with Gasteiger partial charge in [0, 0.05) is 18.7 Å². The van der Waals surface area contributed by atoms with Crippen LogP contribution in [0.3, 0.4) is 0 Å². The number of hydrogen-bond donors (Lipinski definition) is 0. The van der Waals surface area contributed by atoms with Gasteiger partial charge in [0.15, 0.2) is 0 Å². The summed E-state index contributed by atoms with van der Waals surface area (Å²) >= 11 is 5.29. The second-order valence-electron chi connectivity index (χ2n) is 3.10. The molecule has 0 saturated carbocycles. The van der Waals surface area contributed by atoms with Crippen LogP contribution in [0.2, 0.25) is 0 Å². The lowest BCUT2D eigenvalue weighted by atomic mass is 10.2. The molecule has 0 spiro atoms. The molecular weight excluding hydrogens is 178 g/mol. The number of para-hydroxylation sites is 1. The fourth-order valence-corrected chi connectivity index (χ4v) is 1.97. The van der Waals surface area contributed by atoms with Crippen LogP contribution in [-0.2, 0) is 6.42 Å². The van der Waals surface area contributed by atoms with Crippen LogP contribution in [0.15, 0.2) is 36.9 Å². The van der Waals surface area contributed by atoms with Gasteiger partial charge in [-0.2, -0.15) is 0 Å². The third kappa shape index (κ3) is 1.38. The van der Waals surface area contributed by atoms with Crippen LogP contribution in [0.25, 0.3) is 0 Å². The molecule has 2 heteroatoms. The first-order chi connectivity index (χ1) is 6.33. The molecule has 2 rings (SSSR count). The highest BCUT2D eigenvalue weighted by molar-refractivity contribution is 7.80. The van der Waals surface area contributed by atoms with Crippen LogP contribution < -0.4 is 4.90 Å². The van der Waals surface area contributed by atoms with E-state index in [2.05, 4.69) is 29.7 Å². The number of fused-ring (bicyclic) bond motifs is 1. The molecule has 66 valence electrons. The van der Waals surface area contributed by atoms with E-state index in [1.807, 2.05) is 12.1 Å². The normalized spacial score (nSPS) is 14.5. The van der Waals surface area contributed by atoms with Crippen LogP contribution in [0.5, 0.6) is 0 Å².